The molecule has 1 heterocycles. The molecular weight excluding hydrogens is 295 g/mol. The number of hydrogen-bond donors (Lipinski definition) is 0. The van der Waals surface area contributed by atoms with Gasteiger partial charge in [0, 0.05) is 11.8 Å². The molecule has 3 aromatic rings. The number of rotatable bonds is 2. The van der Waals surface area contributed by atoms with E-state index in [1.165, 1.54) is 17.4 Å². The predicted octanol–water partition coefficient (Wildman–Crippen LogP) is 5.50. The SMILES string of the molecule is FC(F)(F)c1cccc(-c2ncc(-c3ccccc3)s2)c1. The van der Waals surface area contributed by atoms with E-state index in [2.05, 4.69) is 4.98 Å². The molecule has 21 heavy (non-hydrogen) atoms. The third-order valence-corrected chi connectivity index (χ3v) is 4.10. The van der Waals surface area contributed by atoms with E-state index in [0.29, 0.717) is 10.6 Å². The Kier molecular flexibility index (Phi) is 3.51. The molecule has 0 aliphatic rings. The number of thiazole rings is 1. The number of halogens is 3. The highest BCUT2D eigenvalue weighted by Crippen LogP contribution is 2.35. The second-order valence-electron chi connectivity index (χ2n) is 4.47. The molecule has 0 N–H and O–H groups in total. The maximum atomic E-state index is 12.7. The third-order valence-electron chi connectivity index (χ3n) is 3.00. The molecule has 0 aliphatic heterocycles. The Hall–Kier alpha value is -2.14. The number of nitrogens with zero attached hydrogens (tertiary/aromatic N) is 1. The summed E-state index contributed by atoms with van der Waals surface area (Å²) in [5, 5.41) is 0.583. The van der Waals surface area contributed by atoms with E-state index in [-0.39, 0.29) is 0 Å². The highest BCUT2D eigenvalue weighted by Gasteiger charge is 2.30. The summed E-state index contributed by atoms with van der Waals surface area (Å²) in [7, 11) is 0. The van der Waals surface area contributed by atoms with E-state index in [4.69, 9.17) is 0 Å². The van der Waals surface area contributed by atoms with Crippen molar-refractivity contribution in [2.45, 2.75) is 6.18 Å². The fourth-order valence-corrected chi connectivity index (χ4v) is 2.89. The van der Waals surface area contributed by atoms with E-state index in [1.807, 2.05) is 30.3 Å². The molecule has 106 valence electrons. The van der Waals surface area contributed by atoms with E-state index in [1.54, 1.807) is 12.3 Å². The summed E-state index contributed by atoms with van der Waals surface area (Å²) in [6, 6.07) is 14.9. The lowest BCUT2D eigenvalue weighted by molar-refractivity contribution is -0.137. The van der Waals surface area contributed by atoms with Gasteiger partial charge in [-0.25, -0.2) is 4.98 Å². The van der Waals surface area contributed by atoms with Gasteiger partial charge in [-0.05, 0) is 17.7 Å². The zero-order valence-corrected chi connectivity index (χ0v) is 11.6. The van der Waals surface area contributed by atoms with Crippen molar-refractivity contribution in [2.24, 2.45) is 0 Å². The average molecular weight is 305 g/mol. The minimum Gasteiger partial charge on any atom is -0.244 e. The van der Waals surface area contributed by atoms with Gasteiger partial charge in [-0.2, -0.15) is 13.2 Å². The molecule has 2 aromatic carbocycles. The Bertz CT molecular complexity index is 747. The van der Waals surface area contributed by atoms with Crippen LogP contribution in [0.15, 0.2) is 60.8 Å². The van der Waals surface area contributed by atoms with Gasteiger partial charge in [-0.3, -0.25) is 0 Å². The van der Waals surface area contributed by atoms with E-state index >= 15 is 0 Å². The minimum absolute atomic E-state index is 0.483. The molecule has 1 nitrogen and oxygen atoms in total. The minimum atomic E-state index is -4.34. The Morgan fingerprint density at radius 2 is 1.57 bits per heavy atom. The summed E-state index contributed by atoms with van der Waals surface area (Å²) in [6.07, 6.45) is -2.65. The van der Waals surface area contributed by atoms with Crippen LogP contribution in [0.2, 0.25) is 0 Å². The first-order valence-corrected chi connectivity index (χ1v) is 7.04. The van der Waals surface area contributed by atoms with Crippen molar-refractivity contribution in [2.75, 3.05) is 0 Å². The monoisotopic (exact) mass is 305 g/mol. The van der Waals surface area contributed by atoms with Crippen molar-refractivity contribution in [3.63, 3.8) is 0 Å². The zero-order valence-electron chi connectivity index (χ0n) is 10.8. The summed E-state index contributed by atoms with van der Waals surface area (Å²) in [5.41, 5.74) is 0.835. The molecule has 0 spiro atoms. The molecule has 0 amide bonds. The quantitative estimate of drug-likeness (QED) is 0.609. The molecule has 0 atom stereocenters. The van der Waals surface area contributed by atoms with E-state index in [0.717, 1.165) is 22.6 Å². The molecule has 0 fully saturated rings. The molecule has 0 saturated heterocycles. The molecule has 0 saturated carbocycles. The summed E-state index contributed by atoms with van der Waals surface area (Å²) >= 11 is 1.38. The number of aromatic nitrogens is 1. The van der Waals surface area contributed by atoms with Gasteiger partial charge < -0.3 is 0 Å². The molecule has 3 rings (SSSR count). The van der Waals surface area contributed by atoms with Gasteiger partial charge in [0.05, 0.1) is 10.4 Å². The van der Waals surface area contributed by atoms with Crippen LogP contribution in [0, 0.1) is 0 Å². The number of benzene rings is 2. The first-order chi connectivity index (χ1) is 10.0. The van der Waals surface area contributed by atoms with Crippen LogP contribution >= 0.6 is 11.3 Å². The van der Waals surface area contributed by atoms with Gasteiger partial charge in [-0.1, -0.05) is 42.5 Å². The maximum absolute atomic E-state index is 12.7. The topological polar surface area (TPSA) is 12.9 Å². The van der Waals surface area contributed by atoms with E-state index < -0.39 is 11.7 Å². The molecule has 5 heteroatoms. The maximum Gasteiger partial charge on any atom is 0.416 e. The third kappa shape index (κ3) is 2.97. The molecule has 0 unspecified atom stereocenters. The van der Waals surface area contributed by atoms with Gasteiger partial charge in [0.25, 0.3) is 0 Å². The lowest BCUT2D eigenvalue weighted by atomic mass is 10.1. The summed E-state index contributed by atoms with van der Waals surface area (Å²) in [4.78, 5) is 5.17. The predicted molar refractivity (Wildman–Crippen MR) is 78.0 cm³/mol. The second kappa shape index (κ2) is 5.33. The number of alkyl halides is 3. The molecule has 0 radical (unpaired) electrons. The van der Waals surface area contributed by atoms with Crippen LogP contribution < -0.4 is 0 Å². The van der Waals surface area contributed by atoms with Crippen LogP contribution in [-0.2, 0) is 6.18 Å². The highest BCUT2D eigenvalue weighted by molar-refractivity contribution is 7.18. The normalized spacial score (nSPS) is 11.6. The van der Waals surface area contributed by atoms with Crippen LogP contribution in [0.5, 0.6) is 0 Å². The van der Waals surface area contributed by atoms with Crippen LogP contribution in [0.3, 0.4) is 0 Å². The van der Waals surface area contributed by atoms with Crippen LogP contribution in [-0.4, -0.2) is 4.98 Å². The Morgan fingerprint density at radius 3 is 2.29 bits per heavy atom. The van der Waals surface area contributed by atoms with Crippen LogP contribution in [0.1, 0.15) is 5.56 Å². The lowest BCUT2D eigenvalue weighted by Gasteiger charge is -2.07. The average Bonchev–Trinajstić information content (AvgIpc) is 2.97. The van der Waals surface area contributed by atoms with E-state index in [9.17, 15) is 13.2 Å². The van der Waals surface area contributed by atoms with Gasteiger partial charge in [0.15, 0.2) is 0 Å². The van der Waals surface area contributed by atoms with Crippen LogP contribution in [0.25, 0.3) is 21.0 Å². The van der Waals surface area contributed by atoms with Crippen molar-refractivity contribution in [3.05, 3.63) is 66.4 Å². The fourth-order valence-electron chi connectivity index (χ4n) is 1.97. The smallest absolute Gasteiger partial charge is 0.244 e. The highest BCUT2D eigenvalue weighted by atomic mass is 32.1. The summed E-state index contributed by atoms with van der Waals surface area (Å²) < 4.78 is 38.2. The fraction of sp³-hybridized carbons (Fsp3) is 0.0625. The summed E-state index contributed by atoms with van der Waals surface area (Å²) in [5.74, 6) is 0. The van der Waals surface area contributed by atoms with Gasteiger partial charge in [0.2, 0.25) is 0 Å². The van der Waals surface area contributed by atoms with Crippen LogP contribution in [0.4, 0.5) is 13.2 Å². The molecule has 1 aromatic heterocycles. The molecule has 0 aliphatic carbocycles. The van der Waals surface area contributed by atoms with Crippen molar-refractivity contribution >= 4 is 11.3 Å². The van der Waals surface area contributed by atoms with Crippen molar-refractivity contribution < 1.29 is 13.2 Å². The first-order valence-electron chi connectivity index (χ1n) is 6.23. The molecular formula is C16H10F3NS. The molecule has 0 bridgehead atoms. The first kappa shape index (κ1) is 13.8. The standard InChI is InChI=1S/C16H10F3NS/c17-16(18,19)13-8-4-7-12(9-13)15-20-10-14(21-15)11-5-2-1-3-6-11/h1-10H. The van der Waals surface area contributed by atoms with Crippen molar-refractivity contribution in [1.82, 2.24) is 4.98 Å². The van der Waals surface area contributed by atoms with Gasteiger partial charge in [0.1, 0.15) is 5.01 Å². The largest absolute Gasteiger partial charge is 0.416 e. The zero-order chi connectivity index (χ0) is 14.9. The van der Waals surface area contributed by atoms with Gasteiger partial charge >= 0.3 is 6.18 Å². The van der Waals surface area contributed by atoms with Crippen molar-refractivity contribution in [1.29, 1.82) is 0 Å². The summed E-state index contributed by atoms with van der Waals surface area (Å²) in [6.45, 7) is 0. The van der Waals surface area contributed by atoms with Crippen molar-refractivity contribution in [3.8, 4) is 21.0 Å². The Balaban J connectivity index is 1.97. The number of hydrogen-bond acceptors (Lipinski definition) is 2. The Labute approximate surface area is 123 Å². The van der Waals surface area contributed by atoms with Gasteiger partial charge in [-0.15, -0.1) is 11.3 Å². The lowest BCUT2D eigenvalue weighted by Crippen LogP contribution is -2.04. The second-order valence-corrected chi connectivity index (χ2v) is 5.50. The Morgan fingerprint density at radius 1 is 0.857 bits per heavy atom.